The zero-order chi connectivity index (χ0) is 11.0. The van der Waals surface area contributed by atoms with Crippen molar-refractivity contribution in [2.75, 3.05) is 6.61 Å². The summed E-state index contributed by atoms with van der Waals surface area (Å²) in [4.78, 5) is 24.7. The number of carbonyl (C=O) groups excluding carboxylic acids is 2. The molecule has 2 unspecified atom stereocenters. The van der Waals surface area contributed by atoms with Crippen LogP contribution in [0.4, 0.5) is 0 Å². The summed E-state index contributed by atoms with van der Waals surface area (Å²) < 4.78 is 5.40. The van der Waals surface area contributed by atoms with Gasteiger partial charge in [-0.1, -0.05) is 0 Å². The van der Waals surface area contributed by atoms with Gasteiger partial charge in [-0.15, -0.1) is 0 Å². The first-order valence-corrected chi connectivity index (χ1v) is 5.27. The fraction of sp³-hybridized carbons (Fsp3) is 0.636. The molecule has 0 aromatic rings. The van der Waals surface area contributed by atoms with Crippen LogP contribution in [0.5, 0.6) is 0 Å². The lowest BCUT2D eigenvalue weighted by molar-refractivity contribution is -0.143. The van der Waals surface area contributed by atoms with E-state index in [0.717, 1.165) is 12.8 Å². The van der Waals surface area contributed by atoms with Crippen LogP contribution in [0.2, 0.25) is 0 Å². The third-order valence-electron chi connectivity index (χ3n) is 2.96. The molecule has 0 bridgehead atoms. The van der Waals surface area contributed by atoms with Crippen molar-refractivity contribution in [3.63, 3.8) is 0 Å². The predicted molar refractivity (Wildman–Crippen MR) is 54.0 cm³/mol. The first kappa shape index (κ1) is 10.4. The van der Waals surface area contributed by atoms with Gasteiger partial charge in [-0.25, -0.2) is 0 Å². The Labute approximate surface area is 88.9 Å². The van der Waals surface area contributed by atoms with E-state index < -0.39 is 0 Å². The van der Waals surface area contributed by atoms with Gasteiger partial charge >= 0.3 is 0 Å². The maximum absolute atomic E-state index is 11.7. The van der Waals surface area contributed by atoms with E-state index >= 15 is 0 Å². The summed E-state index contributed by atoms with van der Waals surface area (Å²) in [6, 6.07) is 0.0162. The number of hydrogen-bond donors (Lipinski definition) is 0. The monoisotopic (exact) mass is 209 g/mol. The van der Waals surface area contributed by atoms with Crippen molar-refractivity contribution < 1.29 is 14.3 Å². The van der Waals surface area contributed by atoms with E-state index in [-0.39, 0.29) is 24.0 Å². The molecule has 1 saturated heterocycles. The summed E-state index contributed by atoms with van der Waals surface area (Å²) in [5, 5.41) is 0. The lowest BCUT2D eigenvalue weighted by atomic mass is 10.0. The molecule has 0 aliphatic carbocycles. The van der Waals surface area contributed by atoms with Gasteiger partial charge in [0.2, 0.25) is 0 Å². The highest BCUT2D eigenvalue weighted by Crippen LogP contribution is 2.24. The Bertz CT molecular complexity index is 335. The molecule has 2 atom stereocenters. The topological polar surface area (TPSA) is 46.6 Å². The normalized spacial score (nSPS) is 32.1. The second-order valence-corrected chi connectivity index (χ2v) is 4.20. The summed E-state index contributed by atoms with van der Waals surface area (Å²) >= 11 is 0. The summed E-state index contributed by atoms with van der Waals surface area (Å²) in [5.41, 5.74) is 0.541. The molecule has 15 heavy (non-hydrogen) atoms. The van der Waals surface area contributed by atoms with Gasteiger partial charge in [0, 0.05) is 24.3 Å². The van der Waals surface area contributed by atoms with Gasteiger partial charge in [0.1, 0.15) is 0 Å². The molecular weight excluding hydrogens is 194 g/mol. The molecular formula is C11H15NO3. The summed E-state index contributed by atoms with van der Waals surface area (Å²) in [6.07, 6.45) is 3.05. The maximum atomic E-state index is 11.7. The Hall–Kier alpha value is -1.16. The van der Waals surface area contributed by atoms with Crippen molar-refractivity contribution in [2.24, 2.45) is 0 Å². The molecule has 2 amide bonds. The van der Waals surface area contributed by atoms with Crippen molar-refractivity contribution in [3.05, 3.63) is 11.6 Å². The summed E-state index contributed by atoms with van der Waals surface area (Å²) in [5.74, 6) is -0.310. The van der Waals surface area contributed by atoms with Gasteiger partial charge in [0.15, 0.2) is 0 Å². The van der Waals surface area contributed by atoms with Crippen LogP contribution in [-0.4, -0.2) is 35.5 Å². The molecule has 2 heterocycles. The highest BCUT2D eigenvalue weighted by molar-refractivity contribution is 6.16. The standard InChI is InChI=1S/C11H15NO3/c1-7-5-10(13)12(11(7)14)9-3-4-15-8(2)6-9/h5,8-9H,3-4,6H2,1-2H3. The molecule has 4 nitrogen and oxygen atoms in total. The van der Waals surface area contributed by atoms with Crippen LogP contribution in [0.3, 0.4) is 0 Å². The van der Waals surface area contributed by atoms with Crippen molar-refractivity contribution in [3.8, 4) is 0 Å². The van der Waals surface area contributed by atoms with Crippen molar-refractivity contribution in [1.29, 1.82) is 0 Å². The van der Waals surface area contributed by atoms with Gasteiger partial charge in [-0.2, -0.15) is 0 Å². The van der Waals surface area contributed by atoms with Crippen molar-refractivity contribution in [2.45, 2.75) is 38.8 Å². The van der Waals surface area contributed by atoms with E-state index in [1.165, 1.54) is 11.0 Å². The number of ether oxygens (including phenoxy) is 1. The maximum Gasteiger partial charge on any atom is 0.256 e. The Kier molecular flexibility index (Phi) is 2.61. The van der Waals surface area contributed by atoms with Crippen LogP contribution in [0.1, 0.15) is 26.7 Å². The fourth-order valence-corrected chi connectivity index (χ4v) is 2.16. The number of rotatable bonds is 1. The molecule has 2 aliphatic heterocycles. The molecule has 2 rings (SSSR count). The van der Waals surface area contributed by atoms with Crippen molar-refractivity contribution in [1.82, 2.24) is 4.90 Å². The second-order valence-electron chi connectivity index (χ2n) is 4.20. The SMILES string of the molecule is CC1=CC(=O)N(C2CCOC(C)C2)C1=O. The van der Waals surface area contributed by atoms with Crippen LogP contribution in [0.25, 0.3) is 0 Å². The van der Waals surface area contributed by atoms with Crippen LogP contribution >= 0.6 is 0 Å². The van der Waals surface area contributed by atoms with Gasteiger partial charge in [0.05, 0.1) is 6.10 Å². The second kappa shape index (κ2) is 3.77. The Balaban J connectivity index is 2.11. The predicted octanol–water partition coefficient (Wildman–Crippen LogP) is 0.869. The minimum atomic E-state index is -0.170. The fourth-order valence-electron chi connectivity index (χ4n) is 2.16. The van der Waals surface area contributed by atoms with Gasteiger partial charge in [-0.3, -0.25) is 14.5 Å². The Morgan fingerprint density at radius 1 is 1.47 bits per heavy atom. The molecule has 1 fully saturated rings. The molecule has 0 spiro atoms. The highest BCUT2D eigenvalue weighted by Gasteiger charge is 2.36. The molecule has 4 heteroatoms. The van der Waals surface area contributed by atoms with Crippen LogP contribution in [0, 0.1) is 0 Å². The molecule has 2 aliphatic rings. The minimum Gasteiger partial charge on any atom is -0.378 e. The zero-order valence-electron chi connectivity index (χ0n) is 9.03. The van der Waals surface area contributed by atoms with Gasteiger partial charge < -0.3 is 4.74 Å². The molecule has 0 radical (unpaired) electrons. The number of nitrogens with zero attached hydrogens (tertiary/aromatic N) is 1. The minimum absolute atomic E-state index is 0.0162. The first-order chi connectivity index (χ1) is 7.09. The summed E-state index contributed by atoms with van der Waals surface area (Å²) in [7, 11) is 0. The Morgan fingerprint density at radius 3 is 2.73 bits per heavy atom. The zero-order valence-corrected chi connectivity index (χ0v) is 9.03. The molecule has 0 N–H and O–H groups in total. The van der Waals surface area contributed by atoms with E-state index in [1.807, 2.05) is 6.92 Å². The first-order valence-electron chi connectivity index (χ1n) is 5.27. The number of carbonyl (C=O) groups is 2. The average molecular weight is 209 g/mol. The van der Waals surface area contributed by atoms with E-state index in [2.05, 4.69) is 0 Å². The Morgan fingerprint density at radius 2 is 2.20 bits per heavy atom. The largest absolute Gasteiger partial charge is 0.378 e. The number of imide groups is 1. The van der Waals surface area contributed by atoms with Gasteiger partial charge in [-0.05, 0) is 26.7 Å². The smallest absolute Gasteiger partial charge is 0.256 e. The van der Waals surface area contributed by atoms with Crippen LogP contribution < -0.4 is 0 Å². The van der Waals surface area contributed by atoms with Crippen LogP contribution in [-0.2, 0) is 14.3 Å². The number of amides is 2. The molecule has 0 saturated carbocycles. The van der Waals surface area contributed by atoms with Crippen LogP contribution in [0.15, 0.2) is 11.6 Å². The van der Waals surface area contributed by atoms with Crippen molar-refractivity contribution >= 4 is 11.8 Å². The third kappa shape index (κ3) is 1.81. The lowest BCUT2D eigenvalue weighted by Gasteiger charge is -2.32. The molecule has 0 aromatic carbocycles. The highest BCUT2D eigenvalue weighted by atomic mass is 16.5. The average Bonchev–Trinajstić information content (AvgIpc) is 2.41. The van der Waals surface area contributed by atoms with Gasteiger partial charge in [0.25, 0.3) is 11.8 Å². The number of hydrogen-bond acceptors (Lipinski definition) is 3. The van der Waals surface area contributed by atoms with E-state index in [1.54, 1.807) is 6.92 Å². The summed E-state index contributed by atoms with van der Waals surface area (Å²) in [6.45, 7) is 4.28. The quantitative estimate of drug-likeness (QED) is 0.602. The van der Waals surface area contributed by atoms with E-state index in [9.17, 15) is 9.59 Å². The lowest BCUT2D eigenvalue weighted by Crippen LogP contribution is -2.45. The third-order valence-corrected chi connectivity index (χ3v) is 2.96. The molecule has 82 valence electrons. The van der Waals surface area contributed by atoms with E-state index in [0.29, 0.717) is 12.2 Å². The van der Waals surface area contributed by atoms with E-state index in [4.69, 9.17) is 4.74 Å². The molecule has 0 aromatic heterocycles.